The van der Waals surface area contributed by atoms with Crippen LogP contribution >= 0.6 is 11.3 Å². The van der Waals surface area contributed by atoms with Gasteiger partial charge in [-0.15, -0.1) is 11.3 Å². The van der Waals surface area contributed by atoms with Crippen molar-refractivity contribution in [2.45, 2.75) is 26.9 Å². The lowest BCUT2D eigenvalue weighted by Gasteiger charge is -2.16. The monoisotopic (exact) mass is 361 g/mol. The second-order valence-electron chi connectivity index (χ2n) is 5.93. The Morgan fingerprint density at radius 1 is 1.28 bits per heavy atom. The van der Waals surface area contributed by atoms with Crippen molar-refractivity contribution in [1.29, 1.82) is 0 Å². The molecular weight excluding hydrogens is 341 g/mol. The van der Waals surface area contributed by atoms with Crippen LogP contribution in [0.3, 0.4) is 0 Å². The largest absolute Gasteiger partial charge is 0.465 e. The molecule has 6 heteroatoms. The molecule has 0 saturated heterocycles. The number of benzene rings is 1. The molecule has 0 unspecified atom stereocenters. The summed E-state index contributed by atoms with van der Waals surface area (Å²) >= 11 is 1.27. The Balaban J connectivity index is 1.94. The Kier molecular flexibility index (Phi) is 5.20. The van der Waals surface area contributed by atoms with Gasteiger partial charge in [-0.05, 0) is 45.2 Å². The second-order valence-corrected chi connectivity index (χ2v) is 6.98. The quantitative estimate of drug-likeness (QED) is 0.594. The number of thiophene rings is 1. The van der Waals surface area contributed by atoms with E-state index in [1.165, 1.54) is 17.4 Å². The van der Waals surface area contributed by atoms with Gasteiger partial charge in [0.1, 0.15) is 22.2 Å². The van der Waals surface area contributed by atoms with Gasteiger partial charge in [-0.3, -0.25) is 4.90 Å². The summed E-state index contributed by atoms with van der Waals surface area (Å²) in [5.74, 6) is 0.960. The SMILES string of the molecule is CCOC(=O)c1sc2cccc(F)c2c1CN(C)Cc1ccc(C)o1. The first-order valence-corrected chi connectivity index (χ1v) is 8.92. The molecule has 0 amide bonds. The zero-order valence-electron chi connectivity index (χ0n) is 14.5. The van der Waals surface area contributed by atoms with E-state index in [0.29, 0.717) is 28.9 Å². The maximum atomic E-state index is 14.4. The molecule has 0 N–H and O–H groups in total. The molecule has 0 radical (unpaired) electrons. The lowest BCUT2D eigenvalue weighted by atomic mass is 10.1. The van der Waals surface area contributed by atoms with Crippen molar-refractivity contribution in [3.8, 4) is 0 Å². The fraction of sp³-hybridized carbons (Fsp3) is 0.316. The molecule has 4 nitrogen and oxygen atoms in total. The van der Waals surface area contributed by atoms with Crippen molar-refractivity contribution in [1.82, 2.24) is 4.90 Å². The number of carbonyl (C=O) groups excluding carboxylic acids is 1. The van der Waals surface area contributed by atoms with Gasteiger partial charge in [-0.1, -0.05) is 6.07 Å². The lowest BCUT2D eigenvalue weighted by molar-refractivity contribution is 0.0530. The summed E-state index contributed by atoms with van der Waals surface area (Å²) in [6, 6.07) is 8.73. The van der Waals surface area contributed by atoms with Crippen LogP contribution in [0.5, 0.6) is 0 Å². The Hall–Kier alpha value is -2.18. The van der Waals surface area contributed by atoms with Gasteiger partial charge >= 0.3 is 5.97 Å². The van der Waals surface area contributed by atoms with E-state index in [9.17, 15) is 9.18 Å². The Morgan fingerprint density at radius 2 is 2.08 bits per heavy atom. The van der Waals surface area contributed by atoms with Crippen LogP contribution in [0.25, 0.3) is 10.1 Å². The number of carbonyl (C=O) groups is 1. The molecule has 2 heterocycles. The molecule has 0 fully saturated rings. The highest BCUT2D eigenvalue weighted by Crippen LogP contribution is 2.34. The van der Waals surface area contributed by atoms with Crippen molar-refractivity contribution in [3.05, 3.63) is 58.1 Å². The van der Waals surface area contributed by atoms with Gasteiger partial charge < -0.3 is 9.15 Å². The van der Waals surface area contributed by atoms with Crippen LogP contribution in [0.15, 0.2) is 34.7 Å². The minimum absolute atomic E-state index is 0.288. The number of rotatable bonds is 6. The summed E-state index contributed by atoms with van der Waals surface area (Å²) in [5.41, 5.74) is 0.669. The van der Waals surface area contributed by atoms with E-state index < -0.39 is 5.97 Å². The van der Waals surface area contributed by atoms with Gasteiger partial charge in [0.05, 0.1) is 13.2 Å². The minimum Gasteiger partial charge on any atom is -0.465 e. The Labute approximate surface area is 149 Å². The molecule has 3 rings (SSSR count). The summed E-state index contributed by atoms with van der Waals surface area (Å²) in [7, 11) is 1.91. The average molecular weight is 361 g/mol. The molecule has 25 heavy (non-hydrogen) atoms. The first-order valence-electron chi connectivity index (χ1n) is 8.10. The number of aryl methyl sites for hydroxylation is 1. The fourth-order valence-corrected chi connectivity index (χ4v) is 3.96. The summed E-state index contributed by atoms with van der Waals surface area (Å²) in [6.07, 6.45) is 0. The van der Waals surface area contributed by atoms with Crippen molar-refractivity contribution in [2.24, 2.45) is 0 Å². The molecule has 0 aliphatic rings. The number of nitrogens with zero attached hydrogens (tertiary/aromatic N) is 1. The smallest absolute Gasteiger partial charge is 0.348 e. The zero-order valence-corrected chi connectivity index (χ0v) is 15.3. The molecule has 0 saturated carbocycles. The number of esters is 1. The molecule has 0 aliphatic carbocycles. The highest BCUT2D eigenvalue weighted by Gasteiger charge is 2.22. The number of furan rings is 1. The first-order chi connectivity index (χ1) is 12.0. The molecule has 2 aromatic heterocycles. The molecule has 0 atom stereocenters. The van der Waals surface area contributed by atoms with Crippen molar-refractivity contribution in [3.63, 3.8) is 0 Å². The maximum Gasteiger partial charge on any atom is 0.348 e. The lowest BCUT2D eigenvalue weighted by Crippen LogP contribution is -2.18. The molecule has 0 bridgehead atoms. The summed E-state index contributed by atoms with van der Waals surface area (Å²) < 4.78 is 25.9. The number of halogens is 1. The van der Waals surface area contributed by atoms with Crippen LogP contribution in [0.1, 0.15) is 33.7 Å². The van der Waals surface area contributed by atoms with Crippen LogP contribution in [0.2, 0.25) is 0 Å². The maximum absolute atomic E-state index is 14.4. The molecule has 0 aliphatic heterocycles. The van der Waals surface area contributed by atoms with E-state index in [4.69, 9.17) is 9.15 Å². The topological polar surface area (TPSA) is 42.7 Å². The van der Waals surface area contributed by atoms with Crippen LogP contribution in [0, 0.1) is 12.7 Å². The standard InChI is InChI=1S/C19H20FNO3S/c1-4-23-19(22)18-14(17-15(20)6-5-7-16(17)25-18)11-21(3)10-13-9-8-12(2)24-13/h5-9H,4,10-11H2,1-3H3. The highest BCUT2D eigenvalue weighted by molar-refractivity contribution is 7.21. The first kappa shape index (κ1) is 17.6. The van der Waals surface area contributed by atoms with Gasteiger partial charge in [0.15, 0.2) is 0 Å². The van der Waals surface area contributed by atoms with Crippen LogP contribution in [-0.2, 0) is 17.8 Å². The van der Waals surface area contributed by atoms with E-state index in [1.54, 1.807) is 13.0 Å². The summed E-state index contributed by atoms with van der Waals surface area (Å²) in [5, 5.41) is 0.498. The van der Waals surface area contributed by atoms with Gasteiger partial charge in [0, 0.05) is 22.2 Å². The van der Waals surface area contributed by atoms with Gasteiger partial charge in [-0.2, -0.15) is 0 Å². The van der Waals surface area contributed by atoms with Crippen molar-refractivity contribution in [2.75, 3.05) is 13.7 Å². The number of fused-ring (bicyclic) bond motifs is 1. The van der Waals surface area contributed by atoms with E-state index in [2.05, 4.69) is 0 Å². The molecule has 0 spiro atoms. The minimum atomic E-state index is -0.402. The van der Waals surface area contributed by atoms with Crippen LogP contribution < -0.4 is 0 Å². The molecule has 3 aromatic rings. The zero-order chi connectivity index (χ0) is 18.0. The number of hydrogen-bond donors (Lipinski definition) is 0. The van der Waals surface area contributed by atoms with Gasteiger partial charge in [-0.25, -0.2) is 9.18 Å². The highest BCUT2D eigenvalue weighted by atomic mass is 32.1. The Morgan fingerprint density at radius 3 is 2.76 bits per heavy atom. The average Bonchev–Trinajstić information content (AvgIpc) is 3.12. The van der Waals surface area contributed by atoms with Crippen LogP contribution in [0.4, 0.5) is 4.39 Å². The predicted molar refractivity (Wildman–Crippen MR) is 96.4 cm³/mol. The summed E-state index contributed by atoms with van der Waals surface area (Å²) in [4.78, 5) is 14.8. The Bertz CT molecular complexity index is 899. The van der Waals surface area contributed by atoms with Gasteiger partial charge in [0.25, 0.3) is 0 Å². The second kappa shape index (κ2) is 7.37. The van der Waals surface area contributed by atoms with Crippen molar-refractivity contribution >= 4 is 27.4 Å². The van der Waals surface area contributed by atoms with Crippen LogP contribution in [-0.4, -0.2) is 24.5 Å². The van der Waals surface area contributed by atoms with E-state index >= 15 is 0 Å². The number of hydrogen-bond acceptors (Lipinski definition) is 5. The molecule has 132 valence electrons. The fourth-order valence-electron chi connectivity index (χ4n) is 2.84. The summed E-state index contributed by atoms with van der Waals surface area (Å²) in [6.45, 7) is 4.94. The third-order valence-electron chi connectivity index (χ3n) is 3.87. The molecule has 1 aromatic carbocycles. The normalized spacial score (nSPS) is 11.4. The van der Waals surface area contributed by atoms with E-state index in [-0.39, 0.29) is 12.4 Å². The third kappa shape index (κ3) is 3.75. The molecular formula is C19H20FNO3S. The van der Waals surface area contributed by atoms with E-state index in [0.717, 1.165) is 16.2 Å². The van der Waals surface area contributed by atoms with E-state index in [1.807, 2.05) is 37.1 Å². The van der Waals surface area contributed by atoms with Crippen molar-refractivity contribution < 1.29 is 18.3 Å². The predicted octanol–water partition coefficient (Wildman–Crippen LogP) is 4.75. The number of ether oxygens (including phenoxy) is 1. The van der Waals surface area contributed by atoms with Gasteiger partial charge in [0.2, 0.25) is 0 Å². The third-order valence-corrected chi connectivity index (χ3v) is 5.05.